The summed E-state index contributed by atoms with van der Waals surface area (Å²) in [4.78, 5) is 158. The molecule has 2 fully saturated rings. The minimum absolute atomic E-state index is 0.0194. The Morgan fingerprint density at radius 2 is 1.52 bits per heavy atom. The molecule has 2 aliphatic rings. The minimum Gasteiger partial charge on any atom is -0.481 e. The molecule has 1 aromatic carbocycles. The summed E-state index contributed by atoms with van der Waals surface area (Å²) in [7, 11) is 0. The normalized spacial score (nSPS) is 18.3. The highest BCUT2D eigenvalue weighted by Gasteiger charge is 2.48. The fraction of sp³-hybridized carbons (Fsp3) is 0.545. The highest BCUT2D eigenvalue weighted by atomic mass is 32.2. The van der Waals surface area contributed by atoms with Crippen LogP contribution in [-0.4, -0.2) is 188 Å². The fourth-order valence-corrected chi connectivity index (χ4v) is 10.8. The molecule has 0 saturated carbocycles. The van der Waals surface area contributed by atoms with Gasteiger partial charge >= 0.3 is 29.9 Å². The van der Waals surface area contributed by atoms with Crippen molar-refractivity contribution in [3.05, 3.63) is 75.5 Å². The van der Waals surface area contributed by atoms with E-state index in [2.05, 4.69) is 41.9 Å². The van der Waals surface area contributed by atoms with E-state index in [9.17, 15) is 68.1 Å². The number of aliphatic imine (C=N–C) groups is 1. The summed E-state index contributed by atoms with van der Waals surface area (Å²) in [6, 6.07) is -1.21. The fourth-order valence-electron chi connectivity index (χ4n) is 9.43. The van der Waals surface area contributed by atoms with E-state index in [1.54, 1.807) is 43.5 Å². The predicted molar refractivity (Wildman–Crippen MR) is 315 cm³/mol. The predicted octanol–water partition coefficient (Wildman–Crippen LogP) is -0.115. The second-order valence-corrected chi connectivity index (χ2v) is 22.1. The van der Waals surface area contributed by atoms with Gasteiger partial charge in [0.15, 0.2) is 5.96 Å². The first-order valence-corrected chi connectivity index (χ1v) is 30.1. The molecule has 0 aliphatic carbocycles. The number of aliphatic hydroxyl groups is 1. The smallest absolute Gasteiger partial charge is 0.329 e. The van der Waals surface area contributed by atoms with Gasteiger partial charge < -0.3 is 83.7 Å². The summed E-state index contributed by atoms with van der Waals surface area (Å²) in [5.41, 5.74) is 17.1. The number of likely N-dealkylation sites (tertiary alicyclic amines) is 2. The van der Waals surface area contributed by atoms with Crippen molar-refractivity contribution in [3.63, 3.8) is 0 Å². The van der Waals surface area contributed by atoms with Gasteiger partial charge in [-0.25, -0.2) is 19.4 Å². The Morgan fingerprint density at radius 3 is 2.12 bits per heavy atom. The van der Waals surface area contributed by atoms with Crippen molar-refractivity contribution in [2.24, 2.45) is 28.1 Å². The van der Waals surface area contributed by atoms with E-state index in [1.165, 1.54) is 52.9 Å². The second-order valence-electron chi connectivity index (χ2n) is 20.3. The first kappa shape index (κ1) is 70.3. The van der Waals surface area contributed by atoms with Crippen LogP contribution in [0.1, 0.15) is 113 Å². The van der Waals surface area contributed by atoms with Gasteiger partial charge in [-0.05, 0) is 69.4 Å². The van der Waals surface area contributed by atoms with E-state index in [4.69, 9.17) is 26.7 Å². The van der Waals surface area contributed by atoms with Crippen LogP contribution in [0.15, 0.2) is 64.3 Å². The van der Waals surface area contributed by atoms with Gasteiger partial charge in [0.1, 0.15) is 64.5 Å². The lowest BCUT2D eigenvalue weighted by atomic mass is 9.97. The maximum atomic E-state index is 14.6. The van der Waals surface area contributed by atoms with Gasteiger partial charge in [-0.15, -0.1) is 11.3 Å². The van der Waals surface area contributed by atoms with E-state index in [-0.39, 0.29) is 75.0 Å². The zero-order valence-electron chi connectivity index (χ0n) is 48.8. The molecule has 0 radical (unpaired) electrons. The Morgan fingerprint density at radius 1 is 0.860 bits per heavy atom. The Labute approximate surface area is 505 Å². The number of ether oxygens (including phenoxy) is 2. The molecule has 0 bridgehead atoms. The third-order valence-electron chi connectivity index (χ3n) is 14.2. The third-order valence-corrected chi connectivity index (χ3v) is 15.7. The Balaban J connectivity index is 1.49. The number of aliphatic carboxylic acids is 2. The number of carbonyl (C=O) groups is 11. The van der Waals surface area contributed by atoms with Gasteiger partial charge in [-0.1, -0.05) is 62.8 Å². The number of guanidine groups is 1. The maximum absolute atomic E-state index is 14.6. The van der Waals surface area contributed by atoms with Crippen LogP contribution in [0.4, 0.5) is 4.79 Å². The molecule has 31 heteroatoms. The van der Waals surface area contributed by atoms with E-state index >= 15 is 0 Å². The lowest BCUT2D eigenvalue weighted by molar-refractivity contribution is -0.166. The van der Waals surface area contributed by atoms with Crippen LogP contribution in [0.5, 0.6) is 0 Å². The number of amides is 8. The number of carboxylic acids is 2. The number of benzene rings is 1. The van der Waals surface area contributed by atoms with Crippen LogP contribution in [0.25, 0.3) is 0 Å². The first-order chi connectivity index (χ1) is 40.9. The molecule has 10 atom stereocenters. The zero-order valence-corrected chi connectivity index (χ0v) is 50.4. The number of allylic oxidation sites excluding steroid dienone is 2. The number of esters is 2. The Kier molecular flexibility index (Phi) is 28.4. The SMILES string of the molecule is CC=C(NC(=O)N[C@@H](Cc1ccccc1)C(=O)O)C(=O)N[C@@H](CO)C(=O)NC(=CC)C(=O)N[C@@H](CCCN=C(N)N)C(=O)N1CCC[C@H]1c1nc(C(=O)N[C@@H](CCSC)C(=O)O[C@@H](CC(=O)O)[C@@H]2[C@H](OC(C)=O)CCN2C(=O)[C@@H](N)[C@@H](C)CC)cs1. The first-order valence-electron chi connectivity index (χ1n) is 27.8. The molecule has 29 nitrogen and oxygen atoms in total. The monoisotopic (exact) mass is 1240 g/mol. The van der Waals surface area contributed by atoms with Crippen LogP contribution in [-0.2, 0) is 59.0 Å². The van der Waals surface area contributed by atoms with Crippen LogP contribution in [0, 0.1) is 5.92 Å². The molecule has 0 unspecified atom stereocenters. The molecular weight excluding hydrogens is 1160 g/mol. The minimum atomic E-state index is -1.71. The van der Waals surface area contributed by atoms with Gasteiger partial charge in [0.25, 0.3) is 17.7 Å². The molecule has 8 amide bonds. The van der Waals surface area contributed by atoms with E-state index < -0.39 is 139 Å². The molecule has 472 valence electrons. The van der Waals surface area contributed by atoms with Crippen LogP contribution in [0.2, 0.25) is 0 Å². The Hall–Kier alpha value is -8.16. The molecule has 0 spiro atoms. The van der Waals surface area contributed by atoms with Crippen molar-refractivity contribution >= 4 is 94.4 Å². The summed E-state index contributed by atoms with van der Waals surface area (Å²) in [6.45, 7) is 6.87. The number of carbonyl (C=O) groups excluding carboxylic acids is 9. The molecule has 2 aliphatic heterocycles. The molecule has 86 heavy (non-hydrogen) atoms. The molecule has 3 heterocycles. The number of urea groups is 1. The number of nitrogens with one attached hydrogen (secondary N) is 6. The number of thiazole rings is 1. The van der Waals surface area contributed by atoms with E-state index in [0.717, 1.165) is 18.3 Å². The highest BCUT2D eigenvalue weighted by molar-refractivity contribution is 7.98. The van der Waals surface area contributed by atoms with Crippen molar-refractivity contribution in [2.75, 3.05) is 38.2 Å². The number of aliphatic hydroxyl groups excluding tert-OH is 1. The van der Waals surface area contributed by atoms with Gasteiger partial charge in [0, 0.05) is 44.8 Å². The number of thioether (sulfide) groups is 1. The van der Waals surface area contributed by atoms with Crippen molar-refractivity contribution < 1.29 is 77.5 Å². The molecule has 1 aromatic heterocycles. The number of hydrogen-bond acceptors (Lipinski definition) is 19. The standard InChI is InChI=1S/C55H79N13O16S2/c1-7-29(4)43(56)51(78)68-23-19-40(83-30(5)70)44(68)41(26-42(71)72)84-53(81)35(20-24-85-6)62-48(76)38-28-86-49(64-38)39-18-14-22-67(39)50(77)34(17-13-21-59-54(57)58)61-45(73)32(8-2)60-47(75)37(27-69)63-46(74)33(9-3)65-55(82)66-36(52(79)80)25-31-15-11-10-12-16-31/h8-12,15-16,28-29,34-37,39-41,43-44,69H,7,13-14,17-27,56H2,1-6H3,(H,60,75)(H,61,73)(H,62,76)(H,63,74)(H,71,72)(H,79,80)(H4,57,58,59)(H2,65,66,82)/t29-,34-,35-,36-,37-,39-,40+,41-,43-,44-/m0/s1. The average molecular weight is 1240 g/mol. The van der Waals surface area contributed by atoms with Crippen molar-refractivity contribution in [1.82, 2.24) is 46.7 Å². The van der Waals surface area contributed by atoms with Crippen LogP contribution >= 0.6 is 23.1 Å². The topological polar surface area (TPSA) is 449 Å². The molecule has 15 N–H and O–H groups in total. The number of rotatable bonds is 32. The molecule has 2 saturated heterocycles. The van der Waals surface area contributed by atoms with Gasteiger partial charge in [0.05, 0.1) is 25.1 Å². The number of nitrogens with zero attached hydrogens (tertiary/aromatic N) is 4. The number of aromatic nitrogens is 1. The van der Waals surface area contributed by atoms with Crippen molar-refractivity contribution in [1.29, 1.82) is 0 Å². The lowest BCUT2D eigenvalue weighted by Gasteiger charge is -2.36. The second kappa shape index (κ2) is 34.7. The number of nitrogens with two attached hydrogens (primary N) is 3. The van der Waals surface area contributed by atoms with E-state index in [1.807, 2.05) is 6.92 Å². The maximum Gasteiger partial charge on any atom is 0.329 e. The summed E-state index contributed by atoms with van der Waals surface area (Å²) in [5.74, 6) is -9.60. The number of carboxylic acid groups (broad SMARTS) is 2. The van der Waals surface area contributed by atoms with Gasteiger partial charge in [-0.2, -0.15) is 11.8 Å². The van der Waals surface area contributed by atoms with Crippen LogP contribution in [0.3, 0.4) is 0 Å². The average Bonchev–Trinajstić information content (AvgIpc) is 2.19. The van der Waals surface area contributed by atoms with Crippen LogP contribution < -0.4 is 49.1 Å². The third kappa shape index (κ3) is 20.8. The highest BCUT2D eigenvalue weighted by Crippen LogP contribution is 2.35. The summed E-state index contributed by atoms with van der Waals surface area (Å²) >= 11 is 2.40. The number of hydrogen-bond donors (Lipinski definition) is 12. The Bertz CT molecular complexity index is 2830. The zero-order chi connectivity index (χ0) is 63.8. The van der Waals surface area contributed by atoms with Gasteiger partial charge in [-0.3, -0.25) is 43.3 Å². The van der Waals surface area contributed by atoms with Crippen molar-refractivity contribution in [2.45, 2.75) is 147 Å². The molecule has 4 rings (SSSR count). The summed E-state index contributed by atoms with van der Waals surface area (Å²) in [5, 5.41) is 46.1. The molecule has 2 aromatic rings. The lowest BCUT2D eigenvalue weighted by Crippen LogP contribution is -2.56. The molecular formula is C55H79N13O16S2. The largest absolute Gasteiger partial charge is 0.481 e. The van der Waals surface area contributed by atoms with Crippen molar-refractivity contribution in [3.8, 4) is 0 Å². The van der Waals surface area contributed by atoms with E-state index in [0.29, 0.717) is 35.6 Å². The summed E-state index contributed by atoms with van der Waals surface area (Å²) in [6.07, 6.45) is 2.42. The summed E-state index contributed by atoms with van der Waals surface area (Å²) < 4.78 is 11.4. The van der Waals surface area contributed by atoms with Gasteiger partial charge in [0.2, 0.25) is 17.7 Å². The quantitative estimate of drug-likeness (QED) is 0.0149.